The highest BCUT2D eigenvalue weighted by Crippen LogP contribution is 2.31. The molecule has 0 spiro atoms. The number of fused-ring (bicyclic) bond motifs is 1. The fraction of sp³-hybridized carbons (Fsp3) is 0.407. The van der Waals surface area contributed by atoms with Gasteiger partial charge in [0, 0.05) is 28.2 Å². The van der Waals surface area contributed by atoms with Crippen molar-refractivity contribution >= 4 is 34.4 Å². The van der Waals surface area contributed by atoms with Gasteiger partial charge in [-0.1, -0.05) is 25.4 Å². The van der Waals surface area contributed by atoms with Crippen LogP contribution >= 0.6 is 11.6 Å². The first-order chi connectivity index (χ1) is 16.4. The van der Waals surface area contributed by atoms with Crippen molar-refractivity contribution in [3.8, 4) is 5.75 Å². The molecule has 0 N–H and O–H groups in total. The Balaban J connectivity index is 1.86. The van der Waals surface area contributed by atoms with E-state index in [4.69, 9.17) is 21.1 Å². The number of aromatic nitrogens is 1. The van der Waals surface area contributed by atoms with Gasteiger partial charge in [-0.2, -0.15) is 0 Å². The molecule has 2 aromatic carbocycles. The molecule has 0 unspecified atom stereocenters. The summed E-state index contributed by atoms with van der Waals surface area (Å²) in [7, 11) is 1.59. The Kier molecular flexibility index (Phi) is 9.13. The topological polar surface area (TPSA) is 60.8 Å². The van der Waals surface area contributed by atoms with E-state index in [1.165, 1.54) is 0 Å². The summed E-state index contributed by atoms with van der Waals surface area (Å²) in [4.78, 5) is 28.5. The number of carbonyl (C=O) groups excluding carboxylic acids is 2. The lowest BCUT2D eigenvalue weighted by Crippen LogP contribution is -2.30. The van der Waals surface area contributed by atoms with Gasteiger partial charge in [-0.3, -0.25) is 19.1 Å². The zero-order chi connectivity index (χ0) is 24.7. The lowest BCUT2D eigenvalue weighted by atomic mass is 10.1. The third-order valence-corrected chi connectivity index (χ3v) is 6.16. The Bertz CT molecular complexity index is 1130. The zero-order valence-corrected chi connectivity index (χ0v) is 21.2. The number of carbonyl (C=O) groups is 2. The number of hydrogen-bond donors (Lipinski definition) is 0. The van der Waals surface area contributed by atoms with Gasteiger partial charge in [0.25, 0.3) is 5.91 Å². The quantitative estimate of drug-likeness (QED) is 0.336. The van der Waals surface area contributed by atoms with Crippen molar-refractivity contribution in [2.45, 2.75) is 40.0 Å². The molecule has 0 fully saturated rings. The number of esters is 1. The van der Waals surface area contributed by atoms with Gasteiger partial charge < -0.3 is 9.47 Å². The van der Waals surface area contributed by atoms with Crippen LogP contribution in [0, 0.1) is 6.92 Å². The molecule has 34 heavy (non-hydrogen) atoms. The molecule has 3 rings (SSSR count). The van der Waals surface area contributed by atoms with Gasteiger partial charge in [-0.05, 0) is 80.9 Å². The molecule has 0 bridgehead atoms. The molecular formula is C27H33ClN2O4. The maximum absolute atomic E-state index is 13.4. The lowest BCUT2D eigenvalue weighted by molar-refractivity contribution is -0.143. The van der Waals surface area contributed by atoms with E-state index in [1.807, 2.05) is 25.1 Å². The fourth-order valence-corrected chi connectivity index (χ4v) is 4.37. The van der Waals surface area contributed by atoms with Gasteiger partial charge in [-0.25, -0.2) is 0 Å². The largest absolute Gasteiger partial charge is 0.497 e. The first-order valence-electron chi connectivity index (χ1n) is 11.8. The van der Waals surface area contributed by atoms with E-state index in [2.05, 4.69) is 18.7 Å². The smallest absolute Gasteiger partial charge is 0.310 e. The molecule has 0 aliphatic rings. The highest BCUT2D eigenvalue weighted by atomic mass is 35.5. The normalized spacial score (nSPS) is 11.2. The van der Waals surface area contributed by atoms with E-state index < -0.39 is 0 Å². The summed E-state index contributed by atoms with van der Waals surface area (Å²) in [5, 5.41) is 1.37. The Morgan fingerprint density at radius 1 is 1.00 bits per heavy atom. The van der Waals surface area contributed by atoms with Gasteiger partial charge in [-0.15, -0.1) is 0 Å². The van der Waals surface area contributed by atoms with E-state index in [0.29, 0.717) is 28.6 Å². The Labute approximate surface area is 206 Å². The highest BCUT2D eigenvalue weighted by molar-refractivity contribution is 6.30. The molecule has 182 valence electrons. The average Bonchev–Trinajstić information content (AvgIpc) is 3.09. The van der Waals surface area contributed by atoms with Gasteiger partial charge in [0.05, 0.1) is 19.0 Å². The van der Waals surface area contributed by atoms with Crippen LogP contribution < -0.4 is 4.74 Å². The minimum Gasteiger partial charge on any atom is -0.497 e. The van der Waals surface area contributed by atoms with Crippen molar-refractivity contribution in [1.82, 2.24) is 9.47 Å². The summed E-state index contributed by atoms with van der Waals surface area (Å²) in [6.07, 6.45) is 2.21. The van der Waals surface area contributed by atoms with Crippen LogP contribution in [0.2, 0.25) is 5.02 Å². The maximum atomic E-state index is 13.4. The number of nitrogens with zero attached hydrogens (tertiary/aromatic N) is 2. The molecule has 7 heteroatoms. The first-order valence-corrected chi connectivity index (χ1v) is 12.1. The minimum absolute atomic E-state index is 0.0813. The molecule has 0 atom stereocenters. The van der Waals surface area contributed by atoms with Crippen molar-refractivity contribution in [2.75, 3.05) is 33.4 Å². The van der Waals surface area contributed by atoms with Crippen LogP contribution in [0.25, 0.3) is 10.9 Å². The monoisotopic (exact) mass is 484 g/mol. The van der Waals surface area contributed by atoms with Crippen molar-refractivity contribution < 1.29 is 19.1 Å². The van der Waals surface area contributed by atoms with Crippen LogP contribution in [0.15, 0.2) is 42.5 Å². The molecule has 0 aliphatic heterocycles. The van der Waals surface area contributed by atoms with Crippen LogP contribution in [0.5, 0.6) is 5.75 Å². The fourth-order valence-electron chi connectivity index (χ4n) is 4.25. The van der Waals surface area contributed by atoms with Crippen molar-refractivity contribution in [2.24, 2.45) is 0 Å². The molecular weight excluding hydrogens is 452 g/mol. The summed E-state index contributed by atoms with van der Waals surface area (Å²) in [5.41, 5.74) is 2.71. The Morgan fingerprint density at radius 3 is 2.29 bits per heavy atom. The second-order valence-electron chi connectivity index (χ2n) is 8.33. The number of rotatable bonds is 11. The van der Waals surface area contributed by atoms with Crippen LogP contribution in [-0.2, 0) is 16.0 Å². The summed E-state index contributed by atoms with van der Waals surface area (Å²) in [6, 6.07) is 12.3. The van der Waals surface area contributed by atoms with E-state index in [9.17, 15) is 9.59 Å². The molecule has 1 aromatic heterocycles. The molecule has 0 saturated heterocycles. The molecule has 1 heterocycles. The third-order valence-electron chi connectivity index (χ3n) is 5.91. The van der Waals surface area contributed by atoms with Crippen LogP contribution in [0.4, 0.5) is 0 Å². The standard InChI is InChI=1S/C27H33ClN2O4/c1-5-13-29(14-6-2)15-16-34-26(31)18-23-19(3)30(25-12-11-22(33-4)17-24(23)25)27(32)20-7-9-21(28)10-8-20/h7-12,17H,5-6,13-16,18H2,1-4H3. The SMILES string of the molecule is CCCN(CCC)CCOC(=O)Cc1c(C)n(C(=O)c2ccc(Cl)cc2)c2ccc(OC)cc12. The van der Waals surface area contributed by atoms with Gasteiger partial charge in [0.1, 0.15) is 12.4 Å². The molecule has 6 nitrogen and oxygen atoms in total. The van der Waals surface area contributed by atoms with E-state index in [-0.39, 0.29) is 18.3 Å². The van der Waals surface area contributed by atoms with E-state index in [1.54, 1.807) is 35.9 Å². The second-order valence-corrected chi connectivity index (χ2v) is 8.77. The number of benzene rings is 2. The molecule has 0 amide bonds. The number of hydrogen-bond acceptors (Lipinski definition) is 5. The average molecular weight is 485 g/mol. The first kappa shape index (κ1) is 25.8. The lowest BCUT2D eigenvalue weighted by Gasteiger charge is -2.20. The van der Waals surface area contributed by atoms with Crippen molar-refractivity contribution in [3.63, 3.8) is 0 Å². The van der Waals surface area contributed by atoms with Gasteiger partial charge >= 0.3 is 5.97 Å². The van der Waals surface area contributed by atoms with Crippen molar-refractivity contribution in [3.05, 3.63) is 64.3 Å². The van der Waals surface area contributed by atoms with Crippen LogP contribution in [-0.4, -0.2) is 54.7 Å². The molecule has 0 radical (unpaired) electrons. The summed E-state index contributed by atoms with van der Waals surface area (Å²) in [6.45, 7) is 9.20. The van der Waals surface area contributed by atoms with E-state index >= 15 is 0 Å². The van der Waals surface area contributed by atoms with Crippen LogP contribution in [0.1, 0.15) is 48.3 Å². The third kappa shape index (κ3) is 5.99. The van der Waals surface area contributed by atoms with Gasteiger partial charge in [0.2, 0.25) is 0 Å². The number of ether oxygens (including phenoxy) is 2. The molecule has 0 aliphatic carbocycles. The van der Waals surface area contributed by atoms with Crippen LogP contribution in [0.3, 0.4) is 0 Å². The van der Waals surface area contributed by atoms with E-state index in [0.717, 1.165) is 48.9 Å². The summed E-state index contributed by atoms with van der Waals surface area (Å²) in [5.74, 6) is 0.170. The second kappa shape index (κ2) is 12.0. The van der Waals surface area contributed by atoms with Crippen molar-refractivity contribution in [1.29, 1.82) is 0 Å². The molecule has 0 saturated carbocycles. The Hall–Kier alpha value is -2.83. The number of halogens is 1. The minimum atomic E-state index is -0.308. The maximum Gasteiger partial charge on any atom is 0.310 e. The number of methoxy groups -OCH3 is 1. The summed E-state index contributed by atoms with van der Waals surface area (Å²) < 4.78 is 12.6. The van der Waals surface area contributed by atoms with Gasteiger partial charge in [0.15, 0.2) is 0 Å². The Morgan fingerprint density at radius 2 is 1.68 bits per heavy atom. The molecule has 3 aromatic rings. The zero-order valence-electron chi connectivity index (χ0n) is 20.4. The summed E-state index contributed by atoms with van der Waals surface area (Å²) >= 11 is 5.99. The predicted octanol–water partition coefficient (Wildman–Crippen LogP) is 5.51. The highest BCUT2D eigenvalue weighted by Gasteiger charge is 2.22. The predicted molar refractivity (Wildman–Crippen MR) is 136 cm³/mol.